The van der Waals surface area contributed by atoms with Crippen LogP contribution < -0.4 is 0 Å². The molecule has 0 aromatic carbocycles. The van der Waals surface area contributed by atoms with E-state index in [1.165, 1.54) is 89.2 Å². The zero-order valence-corrected chi connectivity index (χ0v) is 15.3. The van der Waals surface area contributed by atoms with Crippen molar-refractivity contribution >= 4 is 9.04 Å². The van der Waals surface area contributed by atoms with E-state index in [0.29, 0.717) is 0 Å². The van der Waals surface area contributed by atoms with Gasteiger partial charge in [-0.2, -0.15) is 0 Å². The Hall–Kier alpha value is -0.243. The quantitative estimate of drug-likeness (QED) is 0.537. The molecule has 1 nitrogen and oxygen atoms in total. The van der Waals surface area contributed by atoms with Gasteiger partial charge in [-0.1, -0.05) is 51.9 Å². The fourth-order valence-corrected chi connectivity index (χ4v) is 3.94. The first-order valence-electron chi connectivity index (χ1n) is 9.11. The van der Waals surface area contributed by atoms with Gasteiger partial charge >= 0.3 is 0 Å². The Bertz CT molecular complexity index is 271. The lowest BCUT2D eigenvalue weighted by Crippen LogP contribution is -2.10. The predicted octanol–water partition coefficient (Wildman–Crippen LogP) is 6.35. The predicted molar refractivity (Wildman–Crippen MR) is 92.7 cm³/mol. The summed E-state index contributed by atoms with van der Waals surface area (Å²) >= 11 is 0. The third-order valence-corrected chi connectivity index (χ3v) is 4.99. The van der Waals surface area contributed by atoms with Crippen molar-refractivity contribution in [2.24, 2.45) is 0 Å². The lowest BCUT2D eigenvalue weighted by Gasteiger charge is -2.20. The average molecular weight is 297 g/mol. The van der Waals surface area contributed by atoms with Crippen molar-refractivity contribution in [3.63, 3.8) is 0 Å². The maximum Gasteiger partial charge on any atom is 0.229 e. The molecule has 0 aromatic heterocycles. The molecule has 0 atom stereocenters. The van der Waals surface area contributed by atoms with Crippen molar-refractivity contribution in [2.45, 2.75) is 103 Å². The number of hydrogen-bond donors (Lipinski definition) is 0. The molecule has 0 radical (unpaired) electrons. The number of hydrogen-bond acceptors (Lipinski definition) is 1. The molecule has 0 saturated carbocycles. The summed E-state index contributed by atoms with van der Waals surface area (Å²) in [4.78, 5) is 0. The Morgan fingerprint density at radius 2 is 1.40 bits per heavy atom. The van der Waals surface area contributed by atoms with Gasteiger partial charge in [0.2, 0.25) is 9.04 Å². The second kappa shape index (κ2) is 11.4. The molecule has 1 rings (SSSR count). The minimum atomic E-state index is -0.955. The highest BCUT2D eigenvalue weighted by Crippen LogP contribution is 2.26. The van der Waals surface area contributed by atoms with Gasteiger partial charge in [0.25, 0.3) is 0 Å². The Balaban J connectivity index is 2.70. The van der Waals surface area contributed by atoms with Gasteiger partial charge < -0.3 is 4.43 Å². The molecular formula is C18H36OSi. The molecule has 0 spiro atoms. The standard InChI is InChI=1S/C18H36OSi/c1-4-5-14-17-15-12-10-8-6-7-9-11-13-16-18(17)19-20(2)3/h20H,4-16H2,1-3H3. The van der Waals surface area contributed by atoms with Gasteiger partial charge in [-0.15, -0.1) is 0 Å². The number of rotatable bonds is 5. The van der Waals surface area contributed by atoms with Gasteiger partial charge in [0.1, 0.15) is 0 Å². The molecule has 0 N–H and O–H groups in total. The molecule has 1 aliphatic carbocycles. The van der Waals surface area contributed by atoms with Crippen LogP contribution in [0.3, 0.4) is 0 Å². The molecule has 2 heteroatoms. The van der Waals surface area contributed by atoms with Gasteiger partial charge in [0.05, 0.1) is 5.76 Å². The van der Waals surface area contributed by atoms with Gasteiger partial charge in [-0.25, -0.2) is 0 Å². The Kier molecular flexibility index (Phi) is 10.2. The highest BCUT2D eigenvalue weighted by atomic mass is 28.3. The maximum atomic E-state index is 6.32. The molecule has 0 amide bonds. The first kappa shape index (κ1) is 17.8. The fraction of sp³-hybridized carbons (Fsp3) is 0.889. The summed E-state index contributed by atoms with van der Waals surface area (Å²) in [5.74, 6) is 1.42. The smallest absolute Gasteiger partial charge is 0.229 e. The zero-order chi connectivity index (χ0) is 14.6. The van der Waals surface area contributed by atoms with Crippen molar-refractivity contribution in [2.75, 3.05) is 0 Å². The highest BCUT2D eigenvalue weighted by molar-refractivity contribution is 6.48. The summed E-state index contributed by atoms with van der Waals surface area (Å²) in [6.07, 6.45) is 17.7. The molecule has 0 bridgehead atoms. The van der Waals surface area contributed by atoms with E-state index in [9.17, 15) is 0 Å². The summed E-state index contributed by atoms with van der Waals surface area (Å²) < 4.78 is 6.32. The topological polar surface area (TPSA) is 9.23 Å². The number of unbranched alkanes of at least 4 members (excludes halogenated alkanes) is 1. The molecule has 118 valence electrons. The van der Waals surface area contributed by atoms with Gasteiger partial charge in [-0.05, 0) is 50.8 Å². The van der Waals surface area contributed by atoms with Crippen LogP contribution >= 0.6 is 0 Å². The monoisotopic (exact) mass is 296 g/mol. The molecule has 20 heavy (non-hydrogen) atoms. The molecule has 0 saturated heterocycles. The first-order valence-corrected chi connectivity index (χ1v) is 11.9. The number of allylic oxidation sites excluding steroid dienone is 2. The lowest BCUT2D eigenvalue weighted by atomic mass is 9.96. The second-order valence-corrected chi connectivity index (χ2v) is 8.96. The normalized spacial score (nSPS) is 19.6. The summed E-state index contributed by atoms with van der Waals surface area (Å²) in [6, 6.07) is 0. The molecule has 0 heterocycles. The summed E-state index contributed by atoms with van der Waals surface area (Å²) in [6.45, 7) is 6.91. The van der Waals surface area contributed by atoms with Crippen LogP contribution in [0.25, 0.3) is 0 Å². The van der Waals surface area contributed by atoms with Crippen LogP contribution in [0.1, 0.15) is 90.4 Å². The maximum absolute atomic E-state index is 6.32. The van der Waals surface area contributed by atoms with Gasteiger partial charge in [0, 0.05) is 6.42 Å². The van der Waals surface area contributed by atoms with E-state index in [-0.39, 0.29) is 0 Å². The summed E-state index contributed by atoms with van der Waals surface area (Å²) in [5.41, 5.74) is 1.67. The molecular weight excluding hydrogens is 260 g/mol. The molecule has 0 unspecified atom stereocenters. The SMILES string of the molecule is CCCCC1=C(O[SiH](C)C)CCCCCCCCCC1. The minimum Gasteiger partial charge on any atom is -0.550 e. The van der Waals surface area contributed by atoms with Crippen molar-refractivity contribution < 1.29 is 4.43 Å². The van der Waals surface area contributed by atoms with E-state index >= 15 is 0 Å². The molecule has 0 fully saturated rings. The van der Waals surface area contributed by atoms with E-state index in [2.05, 4.69) is 20.0 Å². The largest absolute Gasteiger partial charge is 0.550 e. The van der Waals surface area contributed by atoms with Crippen molar-refractivity contribution in [3.8, 4) is 0 Å². The van der Waals surface area contributed by atoms with Crippen LogP contribution in [0.2, 0.25) is 13.1 Å². The first-order chi connectivity index (χ1) is 9.74. The van der Waals surface area contributed by atoms with Crippen molar-refractivity contribution in [1.82, 2.24) is 0 Å². The fourth-order valence-electron chi connectivity index (χ4n) is 3.08. The molecule has 1 aliphatic rings. The Morgan fingerprint density at radius 1 is 0.850 bits per heavy atom. The summed E-state index contributed by atoms with van der Waals surface area (Å²) in [7, 11) is -0.955. The van der Waals surface area contributed by atoms with Crippen LogP contribution in [-0.4, -0.2) is 9.04 Å². The van der Waals surface area contributed by atoms with Gasteiger partial charge in [-0.3, -0.25) is 0 Å². The third-order valence-electron chi connectivity index (χ3n) is 4.24. The lowest BCUT2D eigenvalue weighted by molar-refractivity contribution is 0.389. The summed E-state index contributed by atoms with van der Waals surface area (Å²) in [5, 5.41) is 0. The van der Waals surface area contributed by atoms with Crippen LogP contribution in [-0.2, 0) is 4.43 Å². The Labute approximate surface area is 128 Å². The van der Waals surface area contributed by atoms with Crippen LogP contribution in [0.15, 0.2) is 11.3 Å². The van der Waals surface area contributed by atoms with E-state index in [0.717, 1.165) is 0 Å². The third kappa shape index (κ3) is 8.14. The van der Waals surface area contributed by atoms with Crippen molar-refractivity contribution in [1.29, 1.82) is 0 Å². The van der Waals surface area contributed by atoms with Gasteiger partial charge in [0.15, 0.2) is 0 Å². The van der Waals surface area contributed by atoms with E-state index < -0.39 is 9.04 Å². The molecule has 0 aliphatic heterocycles. The van der Waals surface area contributed by atoms with E-state index in [1.807, 2.05) is 0 Å². The molecule has 0 aromatic rings. The van der Waals surface area contributed by atoms with Crippen LogP contribution in [0.4, 0.5) is 0 Å². The Morgan fingerprint density at radius 3 is 1.95 bits per heavy atom. The zero-order valence-electron chi connectivity index (χ0n) is 14.2. The average Bonchev–Trinajstić information content (AvgIpc) is 2.40. The highest BCUT2D eigenvalue weighted by Gasteiger charge is 2.11. The van der Waals surface area contributed by atoms with Crippen LogP contribution in [0, 0.1) is 0 Å². The second-order valence-electron chi connectivity index (χ2n) is 6.63. The minimum absolute atomic E-state index is 0.955. The van der Waals surface area contributed by atoms with Crippen molar-refractivity contribution in [3.05, 3.63) is 11.3 Å². The van der Waals surface area contributed by atoms with E-state index in [1.54, 1.807) is 5.57 Å². The van der Waals surface area contributed by atoms with Crippen LogP contribution in [0.5, 0.6) is 0 Å². The van der Waals surface area contributed by atoms with E-state index in [4.69, 9.17) is 4.43 Å².